The van der Waals surface area contributed by atoms with Crippen LogP contribution in [0.1, 0.15) is 92.1 Å². The number of carbonyl (C=O) groups is 1. The summed E-state index contributed by atoms with van der Waals surface area (Å²) in [6.07, 6.45) is 13.2. The second-order valence-corrected chi connectivity index (χ2v) is 12.2. The van der Waals surface area contributed by atoms with E-state index in [4.69, 9.17) is 14.2 Å². The van der Waals surface area contributed by atoms with Crippen molar-refractivity contribution in [1.29, 1.82) is 0 Å². The highest BCUT2D eigenvalue weighted by Crippen LogP contribution is 2.44. The quantitative estimate of drug-likeness (QED) is 0.496. The van der Waals surface area contributed by atoms with Gasteiger partial charge in [0.25, 0.3) is 0 Å². The lowest BCUT2D eigenvalue weighted by Crippen LogP contribution is -2.43. The van der Waals surface area contributed by atoms with Crippen molar-refractivity contribution in [3.8, 4) is 0 Å². The van der Waals surface area contributed by atoms with E-state index in [2.05, 4.69) is 24.0 Å². The van der Waals surface area contributed by atoms with Crippen LogP contribution in [0.2, 0.25) is 0 Å². The number of methoxy groups -OCH3 is 1. The van der Waals surface area contributed by atoms with Crippen LogP contribution in [0.3, 0.4) is 0 Å². The smallest absolute Gasteiger partial charge is 0.350 e. The van der Waals surface area contributed by atoms with E-state index in [-0.39, 0.29) is 12.1 Å². The molecule has 1 aromatic rings. The normalized spacial score (nSPS) is 30.8. The molecule has 0 atom stereocenters. The van der Waals surface area contributed by atoms with Gasteiger partial charge in [0.05, 0.1) is 32.1 Å². The first-order chi connectivity index (χ1) is 17.0. The van der Waals surface area contributed by atoms with Crippen LogP contribution in [0.4, 0.5) is 5.69 Å². The molecule has 1 aliphatic heterocycles. The van der Waals surface area contributed by atoms with Crippen LogP contribution in [-0.2, 0) is 14.2 Å². The van der Waals surface area contributed by atoms with E-state index in [0.29, 0.717) is 30.1 Å². The number of hydrogen-bond acceptors (Lipinski definition) is 7. The molecule has 194 valence electrons. The van der Waals surface area contributed by atoms with Gasteiger partial charge in [-0.05, 0) is 68.4 Å². The molecule has 0 bridgehead atoms. The second kappa shape index (κ2) is 10.9. The van der Waals surface area contributed by atoms with Crippen molar-refractivity contribution < 1.29 is 24.1 Å². The number of esters is 1. The summed E-state index contributed by atoms with van der Waals surface area (Å²) in [5.74, 6) is 0.779. The van der Waals surface area contributed by atoms with Crippen molar-refractivity contribution in [1.82, 2.24) is 0 Å². The van der Waals surface area contributed by atoms with Crippen molar-refractivity contribution in [3.63, 3.8) is 0 Å². The number of thiophene rings is 1. The van der Waals surface area contributed by atoms with E-state index in [1.165, 1.54) is 38.4 Å². The minimum absolute atomic E-state index is 0.193. The lowest BCUT2D eigenvalue weighted by atomic mass is 9.82. The van der Waals surface area contributed by atoms with E-state index >= 15 is 0 Å². The van der Waals surface area contributed by atoms with Crippen molar-refractivity contribution >= 4 is 28.6 Å². The first-order valence-electron chi connectivity index (χ1n) is 13.6. The van der Waals surface area contributed by atoms with Crippen molar-refractivity contribution in [2.24, 2.45) is 11.8 Å². The molecule has 1 aromatic heterocycles. The number of carbonyl (C=O) groups excluding carboxylic acids is 1. The molecule has 0 aromatic carbocycles. The highest BCUT2D eigenvalue weighted by molar-refractivity contribution is 7.15. The van der Waals surface area contributed by atoms with Crippen LogP contribution in [-0.4, -0.2) is 55.9 Å². The molecule has 0 radical (unpaired) electrons. The van der Waals surface area contributed by atoms with Crippen LogP contribution in [0.15, 0.2) is 12.1 Å². The number of rotatable bonds is 6. The van der Waals surface area contributed by atoms with Crippen LogP contribution in [0.5, 0.6) is 0 Å². The minimum atomic E-state index is -0.443. The van der Waals surface area contributed by atoms with Gasteiger partial charge in [-0.1, -0.05) is 25.8 Å². The van der Waals surface area contributed by atoms with Gasteiger partial charge >= 0.3 is 5.97 Å². The summed E-state index contributed by atoms with van der Waals surface area (Å²) >= 11 is 1.57. The molecule has 3 aliphatic carbocycles. The summed E-state index contributed by atoms with van der Waals surface area (Å²) in [5, 5.41) is 10.2. The molecular formula is C28H41NO5S. The molecule has 6 nitrogen and oxygen atoms in total. The third-order valence-electron chi connectivity index (χ3n) is 8.65. The summed E-state index contributed by atoms with van der Waals surface area (Å²) < 4.78 is 17.1. The monoisotopic (exact) mass is 503 g/mol. The summed E-state index contributed by atoms with van der Waals surface area (Å²) in [6.45, 7) is 4.69. The van der Waals surface area contributed by atoms with Crippen molar-refractivity contribution in [2.75, 3.05) is 31.8 Å². The number of hydrogen-bond donors (Lipinski definition) is 1. The molecule has 1 saturated heterocycles. The molecule has 1 N–H and O–H groups in total. The molecule has 0 unspecified atom stereocenters. The Morgan fingerprint density at radius 3 is 2.49 bits per heavy atom. The van der Waals surface area contributed by atoms with Gasteiger partial charge in [-0.15, -0.1) is 11.3 Å². The maximum Gasteiger partial charge on any atom is 0.350 e. The number of nitrogens with zero attached hydrogens (tertiary/aromatic N) is 1. The van der Waals surface area contributed by atoms with Crippen molar-refractivity contribution in [2.45, 2.75) is 95.5 Å². The molecule has 1 spiro atoms. The van der Waals surface area contributed by atoms with E-state index in [9.17, 15) is 9.90 Å². The molecule has 35 heavy (non-hydrogen) atoms. The minimum Gasteiger partial charge on any atom is -0.465 e. The number of allylic oxidation sites excluding steroid dienone is 1. The van der Waals surface area contributed by atoms with Gasteiger partial charge in [-0.2, -0.15) is 0 Å². The van der Waals surface area contributed by atoms with Crippen LogP contribution < -0.4 is 4.90 Å². The highest BCUT2D eigenvalue weighted by atomic mass is 32.1. The van der Waals surface area contributed by atoms with Crippen molar-refractivity contribution in [3.05, 3.63) is 21.9 Å². The van der Waals surface area contributed by atoms with Gasteiger partial charge in [0, 0.05) is 30.3 Å². The fraction of sp³-hybridized carbons (Fsp3) is 0.750. The average molecular weight is 504 g/mol. The molecule has 0 amide bonds. The van der Waals surface area contributed by atoms with Crippen LogP contribution >= 0.6 is 11.3 Å². The fourth-order valence-electron chi connectivity index (χ4n) is 6.39. The Morgan fingerprint density at radius 2 is 1.86 bits per heavy atom. The number of ether oxygens (including phenoxy) is 3. The first-order valence-corrected chi connectivity index (χ1v) is 14.4. The Labute approximate surface area is 213 Å². The second-order valence-electron chi connectivity index (χ2n) is 11.1. The van der Waals surface area contributed by atoms with Crippen LogP contribution in [0.25, 0.3) is 5.57 Å². The molecule has 7 heteroatoms. The highest BCUT2D eigenvalue weighted by Gasteiger charge is 2.39. The van der Waals surface area contributed by atoms with Gasteiger partial charge in [0.1, 0.15) is 4.88 Å². The van der Waals surface area contributed by atoms with Gasteiger partial charge < -0.3 is 24.2 Å². The summed E-state index contributed by atoms with van der Waals surface area (Å²) in [5.41, 5.74) is 2.31. The van der Waals surface area contributed by atoms with E-state index < -0.39 is 5.79 Å². The Balaban J connectivity index is 1.44. The molecule has 3 fully saturated rings. The zero-order valence-corrected chi connectivity index (χ0v) is 22.1. The molecule has 4 aliphatic rings. The summed E-state index contributed by atoms with van der Waals surface area (Å²) in [7, 11) is 1.48. The number of aliphatic hydroxyl groups excluding tert-OH is 1. The zero-order chi connectivity index (χ0) is 24.4. The molecule has 2 heterocycles. The third kappa shape index (κ3) is 5.63. The zero-order valence-electron chi connectivity index (χ0n) is 21.3. The largest absolute Gasteiger partial charge is 0.465 e. The lowest BCUT2D eigenvalue weighted by Gasteiger charge is -2.40. The van der Waals surface area contributed by atoms with Gasteiger partial charge in [0.2, 0.25) is 0 Å². The van der Waals surface area contributed by atoms with Gasteiger partial charge in [-0.25, -0.2) is 4.79 Å². The molecule has 5 rings (SSSR count). The van der Waals surface area contributed by atoms with E-state index in [1.54, 1.807) is 11.3 Å². The maximum atomic E-state index is 13.0. The predicted octanol–water partition coefficient (Wildman–Crippen LogP) is 5.78. The van der Waals surface area contributed by atoms with E-state index in [1.807, 2.05) is 0 Å². The Morgan fingerprint density at radius 1 is 1.14 bits per heavy atom. The number of anilines is 1. The van der Waals surface area contributed by atoms with Gasteiger partial charge in [0.15, 0.2) is 5.79 Å². The standard InChI is InChI=1S/C28H41NO5S/c1-19-3-5-20(6-4-19)18-29(22-7-9-23(30)10-8-22)24-17-25(35-26(24)27(31)32-2)21-11-13-28(14-12-21)33-15-16-34-28/h11,17,19-20,22-23,30H,3-10,12-16,18H2,1-2H3. The first kappa shape index (κ1) is 25.2. The fourth-order valence-corrected chi connectivity index (χ4v) is 7.54. The third-order valence-corrected chi connectivity index (χ3v) is 9.83. The topological polar surface area (TPSA) is 68.2 Å². The Bertz CT molecular complexity index is 904. The maximum absolute atomic E-state index is 13.0. The molecule has 2 saturated carbocycles. The summed E-state index contributed by atoms with van der Waals surface area (Å²) in [4.78, 5) is 17.4. The molecular weight excluding hydrogens is 462 g/mol. The average Bonchev–Trinajstić information content (AvgIpc) is 3.52. The Hall–Kier alpha value is -1.41. The number of aliphatic hydroxyl groups is 1. The lowest BCUT2D eigenvalue weighted by molar-refractivity contribution is -0.159. The summed E-state index contributed by atoms with van der Waals surface area (Å²) in [6, 6.07) is 2.60. The van der Waals surface area contributed by atoms with Gasteiger partial charge in [-0.3, -0.25) is 0 Å². The predicted molar refractivity (Wildman–Crippen MR) is 139 cm³/mol. The van der Waals surface area contributed by atoms with E-state index in [0.717, 1.165) is 68.0 Å². The van der Waals surface area contributed by atoms with Crippen LogP contribution in [0, 0.1) is 11.8 Å². The SMILES string of the molecule is COC(=O)c1sc(C2=CCC3(CC2)OCCO3)cc1N(CC1CCC(C)CC1)C1CCC(O)CC1. The Kier molecular flexibility index (Phi) is 7.87.